The van der Waals surface area contributed by atoms with E-state index in [1.165, 1.54) is 6.20 Å². The van der Waals surface area contributed by atoms with Crippen molar-refractivity contribution in [1.29, 1.82) is 0 Å². The molecule has 0 radical (unpaired) electrons. The van der Waals surface area contributed by atoms with Gasteiger partial charge in [0.1, 0.15) is 0 Å². The van der Waals surface area contributed by atoms with Crippen LogP contribution in [0.15, 0.2) is 59.5 Å². The number of hydrogen-bond acceptors (Lipinski definition) is 2. The van der Waals surface area contributed by atoms with Gasteiger partial charge in [0.15, 0.2) is 0 Å². The van der Waals surface area contributed by atoms with Gasteiger partial charge in [-0.3, -0.25) is 4.79 Å². The minimum atomic E-state index is -1.11. The van der Waals surface area contributed by atoms with E-state index < -0.39 is 11.5 Å². The molecule has 1 aromatic heterocycles. The molecule has 0 unspecified atom stereocenters. The molecule has 0 saturated carbocycles. The fourth-order valence-corrected chi connectivity index (χ4v) is 2.33. The molecule has 0 bridgehead atoms. The predicted molar refractivity (Wildman–Crippen MR) is 77.0 cm³/mol. The number of carbonyl (C=O) groups is 1. The van der Waals surface area contributed by atoms with Crippen LogP contribution < -0.4 is 5.56 Å². The summed E-state index contributed by atoms with van der Waals surface area (Å²) in [5.41, 5.74) is 0.877. The van der Waals surface area contributed by atoms with E-state index >= 15 is 0 Å². The molecule has 20 heavy (non-hydrogen) atoms. The summed E-state index contributed by atoms with van der Waals surface area (Å²) in [6, 6.07) is 14.5. The Morgan fingerprint density at radius 2 is 1.75 bits per heavy atom. The summed E-state index contributed by atoms with van der Waals surface area (Å²) in [4.78, 5) is 25.2. The van der Waals surface area contributed by atoms with Gasteiger partial charge in [-0.1, -0.05) is 42.5 Å². The van der Waals surface area contributed by atoms with Crippen LogP contribution in [0.3, 0.4) is 0 Å². The van der Waals surface area contributed by atoms with Gasteiger partial charge in [0.2, 0.25) is 5.56 Å². The first-order valence-electron chi connectivity index (χ1n) is 6.11. The van der Waals surface area contributed by atoms with Gasteiger partial charge in [0.05, 0.1) is 5.56 Å². The first-order chi connectivity index (χ1) is 9.66. The summed E-state index contributed by atoms with van der Waals surface area (Å²) < 4.78 is 0. The van der Waals surface area contributed by atoms with Crippen molar-refractivity contribution >= 4 is 16.7 Å². The van der Waals surface area contributed by atoms with E-state index in [4.69, 9.17) is 0 Å². The zero-order chi connectivity index (χ0) is 14.1. The fourth-order valence-electron chi connectivity index (χ4n) is 2.33. The van der Waals surface area contributed by atoms with Crippen LogP contribution >= 0.6 is 0 Å². The van der Waals surface area contributed by atoms with Crippen LogP contribution in [0, 0.1) is 0 Å². The Morgan fingerprint density at radius 3 is 2.55 bits per heavy atom. The number of nitrogens with one attached hydrogen (secondary N) is 1. The topological polar surface area (TPSA) is 70.2 Å². The lowest BCUT2D eigenvalue weighted by molar-refractivity contribution is 0.0697. The average Bonchev–Trinajstić information content (AvgIpc) is 2.46. The van der Waals surface area contributed by atoms with Crippen LogP contribution in [-0.4, -0.2) is 16.1 Å². The number of rotatable bonds is 2. The number of hydrogen-bond donors (Lipinski definition) is 2. The Labute approximate surface area is 114 Å². The van der Waals surface area contributed by atoms with Crippen LogP contribution in [0.1, 0.15) is 10.4 Å². The Balaban J connectivity index is 2.37. The van der Waals surface area contributed by atoms with Crippen molar-refractivity contribution in [3.63, 3.8) is 0 Å². The van der Waals surface area contributed by atoms with Crippen molar-refractivity contribution in [3.05, 3.63) is 70.6 Å². The molecule has 2 N–H and O–H groups in total. The molecule has 0 atom stereocenters. The number of carboxylic acid groups (broad SMARTS) is 1. The molecule has 0 saturated heterocycles. The summed E-state index contributed by atoms with van der Waals surface area (Å²) in [5, 5.41) is 11.2. The first kappa shape index (κ1) is 12.2. The van der Waals surface area contributed by atoms with Crippen molar-refractivity contribution in [2.45, 2.75) is 0 Å². The summed E-state index contributed by atoms with van der Waals surface area (Å²) in [7, 11) is 0. The highest BCUT2D eigenvalue weighted by Crippen LogP contribution is 2.29. The molecule has 0 aliphatic carbocycles. The minimum Gasteiger partial charge on any atom is -0.478 e. The van der Waals surface area contributed by atoms with Crippen molar-refractivity contribution in [2.24, 2.45) is 0 Å². The first-order valence-corrected chi connectivity index (χ1v) is 6.11. The molecule has 0 fully saturated rings. The lowest BCUT2D eigenvalue weighted by Gasteiger charge is -2.09. The second-order valence-corrected chi connectivity index (χ2v) is 4.46. The minimum absolute atomic E-state index is 0.00473. The fraction of sp³-hybridized carbons (Fsp3) is 0. The van der Waals surface area contributed by atoms with Crippen LogP contribution in [-0.2, 0) is 0 Å². The maximum absolute atomic E-state index is 11.3. The number of H-pyrrole nitrogens is 1. The van der Waals surface area contributed by atoms with Gasteiger partial charge in [-0.25, -0.2) is 4.79 Å². The van der Waals surface area contributed by atoms with E-state index in [2.05, 4.69) is 4.98 Å². The third-order valence-electron chi connectivity index (χ3n) is 3.23. The molecular weight excluding hydrogens is 254 g/mol. The standard InChI is InChI=1S/C16H11NO3/c18-15-8-13(16(19)20)14(9-17-15)12-7-3-5-10-4-1-2-6-11(10)12/h1-9H,(H,17,18)(H,19,20). The lowest BCUT2D eigenvalue weighted by atomic mass is 9.96. The molecule has 4 nitrogen and oxygen atoms in total. The Hall–Kier alpha value is -2.88. The van der Waals surface area contributed by atoms with Crippen molar-refractivity contribution in [3.8, 4) is 11.1 Å². The van der Waals surface area contributed by atoms with E-state index in [0.717, 1.165) is 22.4 Å². The highest BCUT2D eigenvalue weighted by atomic mass is 16.4. The summed E-state index contributed by atoms with van der Waals surface area (Å²) in [6.45, 7) is 0. The zero-order valence-electron chi connectivity index (χ0n) is 10.5. The van der Waals surface area contributed by atoms with Crippen LogP contribution in [0.25, 0.3) is 21.9 Å². The van der Waals surface area contributed by atoms with Crippen molar-refractivity contribution < 1.29 is 9.90 Å². The van der Waals surface area contributed by atoms with Gasteiger partial charge in [-0.15, -0.1) is 0 Å². The zero-order valence-corrected chi connectivity index (χ0v) is 10.5. The molecule has 2 aromatic carbocycles. The SMILES string of the molecule is O=C(O)c1cc(=O)[nH]cc1-c1cccc2ccccc12. The third-order valence-corrected chi connectivity index (χ3v) is 3.23. The second-order valence-electron chi connectivity index (χ2n) is 4.46. The quantitative estimate of drug-likeness (QED) is 0.748. The molecule has 0 spiro atoms. The highest BCUT2D eigenvalue weighted by Gasteiger charge is 2.14. The molecule has 0 amide bonds. The Morgan fingerprint density at radius 1 is 1.00 bits per heavy atom. The van der Waals surface area contributed by atoms with Gasteiger partial charge >= 0.3 is 5.97 Å². The van der Waals surface area contributed by atoms with E-state index in [9.17, 15) is 14.7 Å². The van der Waals surface area contributed by atoms with E-state index in [1.54, 1.807) is 0 Å². The molecule has 1 heterocycles. The van der Waals surface area contributed by atoms with E-state index in [-0.39, 0.29) is 5.56 Å². The maximum atomic E-state index is 11.3. The number of benzene rings is 2. The molecule has 98 valence electrons. The third kappa shape index (κ3) is 1.97. The monoisotopic (exact) mass is 265 g/mol. The van der Waals surface area contributed by atoms with Crippen molar-refractivity contribution in [2.75, 3.05) is 0 Å². The number of carboxylic acids is 1. The summed E-state index contributed by atoms with van der Waals surface area (Å²) in [5.74, 6) is -1.11. The molecule has 3 aromatic rings. The largest absolute Gasteiger partial charge is 0.478 e. The number of pyridine rings is 1. The smallest absolute Gasteiger partial charge is 0.336 e. The Bertz CT molecular complexity index is 859. The van der Waals surface area contributed by atoms with Gasteiger partial charge < -0.3 is 10.1 Å². The molecule has 0 aliphatic heterocycles. The van der Waals surface area contributed by atoms with Gasteiger partial charge in [0, 0.05) is 17.8 Å². The van der Waals surface area contributed by atoms with Gasteiger partial charge in [0.25, 0.3) is 0 Å². The highest BCUT2D eigenvalue weighted by molar-refractivity contribution is 6.03. The maximum Gasteiger partial charge on any atom is 0.336 e. The van der Waals surface area contributed by atoms with E-state index in [1.807, 2.05) is 42.5 Å². The normalized spacial score (nSPS) is 10.6. The summed E-state index contributed by atoms with van der Waals surface area (Å²) >= 11 is 0. The number of fused-ring (bicyclic) bond motifs is 1. The van der Waals surface area contributed by atoms with Gasteiger partial charge in [-0.2, -0.15) is 0 Å². The number of aromatic amines is 1. The van der Waals surface area contributed by atoms with Crippen LogP contribution in [0.2, 0.25) is 0 Å². The van der Waals surface area contributed by atoms with Crippen LogP contribution in [0.4, 0.5) is 0 Å². The number of aromatic nitrogens is 1. The van der Waals surface area contributed by atoms with Crippen LogP contribution in [0.5, 0.6) is 0 Å². The van der Waals surface area contributed by atoms with Gasteiger partial charge in [-0.05, 0) is 16.3 Å². The average molecular weight is 265 g/mol. The lowest BCUT2D eigenvalue weighted by Crippen LogP contribution is -2.10. The van der Waals surface area contributed by atoms with Crippen molar-refractivity contribution in [1.82, 2.24) is 4.98 Å². The van der Waals surface area contributed by atoms with E-state index in [0.29, 0.717) is 5.56 Å². The molecule has 3 rings (SSSR count). The Kier molecular flexibility index (Phi) is 2.84. The second kappa shape index (κ2) is 4.66. The molecular formula is C16H11NO3. The molecule has 4 heteroatoms. The predicted octanol–water partition coefficient (Wildman–Crippen LogP) is 2.89. The molecule has 0 aliphatic rings. The summed E-state index contributed by atoms with van der Waals surface area (Å²) in [6.07, 6.45) is 1.45. The number of aromatic carboxylic acids is 1.